The SMILES string of the molecule is CCOC(=O)c1nc(N)cc(C(F)F)c1O. The Morgan fingerprint density at radius 3 is 2.81 bits per heavy atom. The average molecular weight is 232 g/mol. The van der Waals surface area contributed by atoms with Crippen molar-refractivity contribution < 1.29 is 23.4 Å². The number of carbonyl (C=O) groups excluding carboxylic acids is 1. The third-order valence-electron chi connectivity index (χ3n) is 1.75. The van der Waals surface area contributed by atoms with Crippen LogP contribution in [-0.2, 0) is 4.74 Å². The van der Waals surface area contributed by atoms with Crippen LogP contribution in [0.4, 0.5) is 14.6 Å². The molecule has 0 bridgehead atoms. The Morgan fingerprint density at radius 1 is 1.69 bits per heavy atom. The molecule has 0 radical (unpaired) electrons. The second-order valence-corrected chi connectivity index (χ2v) is 2.85. The molecule has 0 spiro atoms. The van der Waals surface area contributed by atoms with Crippen molar-refractivity contribution in [1.82, 2.24) is 4.98 Å². The molecule has 0 saturated carbocycles. The van der Waals surface area contributed by atoms with Gasteiger partial charge in [-0.1, -0.05) is 0 Å². The molecular formula is C9H10F2N2O3. The molecule has 1 aromatic heterocycles. The number of esters is 1. The van der Waals surface area contributed by atoms with E-state index in [2.05, 4.69) is 9.72 Å². The number of anilines is 1. The Kier molecular flexibility index (Phi) is 3.60. The van der Waals surface area contributed by atoms with Gasteiger partial charge in [0.15, 0.2) is 11.4 Å². The number of carbonyl (C=O) groups is 1. The van der Waals surface area contributed by atoms with Gasteiger partial charge < -0.3 is 15.6 Å². The highest BCUT2D eigenvalue weighted by molar-refractivity contribution is 5.91. The van der Waals surface area contributed by atoms with Crippen molar-refractivity contribution >= 4 is 11.8 Å². The lowest BCUT2D eigenvalue weighted by atomic mass is 10.2. The van der Waals surface area contributed by atoms with Gasteiger partial charge in [0.1, 0.15) is 5.82 Å². The molecule has 0 saturated heterocycles. The first-order valence-electron chi connectivity index (χ1n) is 4.42. The molecule has 0 aliphatic carbocycles. The average Bonchev–Trinajstić information content (AvgIpc) is 2.20. The zero-order valence-corrected chi connectivity index (χ0v) is 8.41. The summed E-state index contributed by atoms with van der Waals surface area (Å²) >= 11 is 0. The summed E-state index contributed by atoms with van der Waals surface area (Å²) in [6.45, 7) is 1.58. The molecule has 1 aromatic rings. The standard InChI is InChI=1S/C9H10F2N2O3/c1-2-16-9(15)6-7(14)4(8(10)11)3-5(12)13-6/h3,8,14H,2H2,1H3,(H2,12,13). The van der Waals surface area contributed by atoms with E-state index < -0.39 is 29.4 Å². The van der Waals surface area contributed by atoms with E-state index in [1.165, 1.54) is 6.92 Å². The minimum atomic E-state index is -2.95. The van der Waals surface area contributed by atoms with E-state index in [0.717, 1.165) is 6.07 Å². The second-order valence-electron chi connectivity index (χ2n) is 2.85. The van der Waals surface area contributed by atoms with Gasteiger partial charge in [-0.3, -0.25) is 0 Å². The fraction of sp³-hybridized carbons (Fsp3) is 0.333. The van der Waals surface area contributed by atoms with Gasteiger partial charge >= 0.3 is 5.97 Å². The number of nitrogens with zero attached hydrogens (tertiary/aromatic N) is 1. The van der Waals surface area contributed by atoms with Crippen LogP contribution in [0.3, 0.4) is 0 Å². The van der Waals surface area contributed by atoms with Gasteiger partial charge in [0.2, 0.25) is 0 Å². The fourth-order valence-corrected chi connectivity index (χ4v) is 1.09. The van der Waals surface area contributed by atoms with Gasteiger partial charge in [0.05, 0.1) is 12.2 Å². The van der Waals surface area contributed by atoms with E-state index in [0.29, 0.717) is 0 Å². The Balaban J connectivity index is 3.24. The number of rotatable bonds is 3. The van der Waals surface area contributed by atoms with Crippen molar-refractivity contribution in [3.8, 4) is 5.75 Å². The van der Waals surface area contributed by atoms with Crippen molar-refractivity contribution in [2.75, 3.05) is 12.3 Å². The molecule has 0 atom stereocenters. The molecule has 0 aromatic carbocycles. The highest BCUT2D eigenvalue weighted by Gasteiger charge is 2.23. The number of aromatic nitrogens is 1. The molecule has 0 amide bonds. The number of hydrogen-bond acceptors (Lipinski definition) is 5. The first-order valence-corrected chi connectivity index (χ1v) is 4.42. The number of alkyl halides is 2. The first-order chi connectivity index (χ1) is 7.47. The van der Waals surface area contributed by atoms with Crippen molar-refractivity contribution in [2.45, 2.75) is 13.3 Å². The summed E-state index contributed by atoms with van der Waals surface area (Å²) in [6, 6.07) is 0.808. The smallest absolute Gasteiger partial charge is 0.360 e. The van der Waals surface area contributed by atoms with E-state index in [4.69, 9.17) is 5.73 Å². The Bertz CT molecular complexity index is 410. The quantitative estimate of drug-likeness (QED) is 0.771. The maximum atomic E-state index is 12.4. The summed E-state index contributed by atoms with van der Waals surface area (Å²) in [5.74, 6) is -2.17. The zero-order chi connectivity index (χ0) is 12.3. The maximum absolute atomic E-state index is 12.4. The minimum absolute atomic E-state index is 0.0404. The van der Waals surface area contributed by atoms with Crippen LogP contribution in [0, 0.1) is 0 Å². The number of nitrogen functional groups attached to an aromatic ring is 1. The summed E-state index contributed by atoms with van der Waals surface area (Å²) in [5.41, 5.74) is 3.90. The summed E-state index contributed by atoms with van der Waals surface area (Å²) in [7, 11) is 0. The van der Waals surface area contributed by atoms with Gasteiger partial charge in [-0.25, -0.2) is 18.6 Å². The van der Waals surface area contributed by atoms with Crippen LogP contribution in [0.15, 0.2) is 6.07 Å². The molecule has 5 nitrogen and oxygen atoms in total. The molecule has 0 fully saturated rings. The maximum Gasteiger partial charge on any atom is 0.360 e. The van der Waals surface area contributed by atoms with E-state index >= 15 is 0 Å². The molecule has 1 heterocycles. The zero-order valence-electron chi connectivity index (χ0n) is 8.41. The summed E-state index contributed by atoms with van der Waals surface area (Å²) in [5, 5.41) is 9.38. The Hall–Kier alpha value is -1.92. The lowest BCUT2D eigenvalue weighted by Gasteiger charge is -2.08. The molecule has 3 N–H and O–H groups in total. The first kappa shape index (κ1) is 12.2. The van der Waals surface area contributed by atoms with Gasteiger partial charge in [-0.05, 0) is 13.0 Å². The topological polar surface area (TPSA) is 85.4 Å². The predicted molar refractivity (Wildman–Crippen MR) is 51.2 cm³/mol. The van der Waals surface area contributed by atoms with Gasteiger partial charge in [-0.2, -0.15) is 0 Å². The highest BCUT2D eigenvalue weighted by atomic mass is 19.3. The van der Waals surface area contributed by atoms with Gasteiger partial charge in [0, 0.05) is 0 Å². The van der Waals surface area contributed by atoms with E-state index in [1.807, 2.05) is 0 Å². The van der Waals surface area contributed by atoms with Crippen molar-refractivity contribution in [3.05, 3.63) is 17.3 Å². The molecule has 7 heteroatoms. The predicted octanol–water partition coefficient (Wildman–Crippen LogP) is 1.48. The number of nitrogens with two attached hydrogens (primary N) is 1. The van der Waals surface area contributed by atoms with Crippen molar-refractivity contribution in [3.63, 3.8) is 0 Å². The van der Waals surface area contributed by atoms with E-state index in [-0.39, 0.29) is 12.4 Å². The number of aromatic hydroxyl groups is 1. The lowest BCUT2D eigenvalue weighted by Crippen LogP contribution is -2.10. The molecular weight excluding hydrogens is 222 g/mol. The van der Waals surface area contributed by atoms with Crippen LogP contribution in [0.5, 0.6) is 5.75 Å². The monoisotopic (exact) mass is 232 g/mol. The summed E-state index contributed by atoms with van der Waals surface area (Å²) in [6.07, 6.45) is -2.95. The van der Waals surface area contributed by atoms with Crippen molar-refractivity contribution in [2.24, 2.45) is 0 Å². The number of hydrogen-bond donors (Lipinski definition) is 2. The summed E-state index contributed by atoms with van der Waals surface area (Å²) < 4.78 is 29.4. The van der Waals surface area contributed by atoms with Crippen LogP contribution in [0.2, 0.25) is 0 Å². The normalized spacial score (nSPS) is 10.5. The third kappa shape index (κ3) is 2.36. The number of pyridine rings is 1. The van der Waals surface area contributed by atoms with E-state index in [1.54, 1.807) is 0 Å². The van der Waals surface area contributed by atoms with Crippen LogP contribution in [0.1, 0.15) is 29.4 Å². The highest BCUT2D eigenvalue weighted by Crippen LogP contribution is 2.31. The second kappa shape index (κ2) is 4.73. The molecule has 0 aliphatic rings. The molecule has 0 aliphatic heterocycles. The Morgan fingerprint density at radius 2 is 2.31 bits per heavy atom. The van der Waals surface area contributed by atoms with E-state index in [9.17, 15) is 18.7 Å². The van der Waals surface area contributed by atoms with Gasteiger partial charge in [0.25, 0.3) is 6.43 Å². The van der Waals surface area contributed by atoms with Crippen LogP contribution in [0.25, 0.3) is 0 Å². The van der Waals surface area contributed by atoms with Crippen LogP contribution < -0.4 is 5.73 Å². The lowest BCUT2D eigenvalue weighted by molar-refractivity contribution is 0.0515. The molecule has 16 heavy (non-hydrogen) atoms. The minimum Gasteiger partial charge on any atom is -0.505 e. The van der Waals surface area contributed by atoms with Crippen LogP contribution >= 0.6 is 0 Å². The van der Waals surface area contributed by atoms with Gasteiger partial charge in [-0.15, -0.1) is 0 Å². The van der Waals surface area contributed by atoms with Crippen LogP contribution in [-0.4, -0.2) is 22.7 Å². The summed E-state index contributed by atoms with van der Waals surface area (Å²) in [4.78, 5) is 14.7. The fourth-order valence-electron chi connectivity index (χ4n) is 1.09. The molecule has 0 unspecified atom stereocenters. The largest absolute Gasteiger partial charge is 0.505 e. The van der Waals surface area contributed by atoms with Crippen molar-refractivity contribution in [1.29, 1.82) is 0 Å². The Labute approximate surface area is 89.9 Å². The number of ether oxygens (including phenoxy) is 1. The number of halogens is 2. The molecule has 88 valence electrons. The third-order valence-corrected chi connectivity index (χ3v) is 1.75. The molecule has 1 rings (SSSR count).